The number of carbonyl (C=O) groups excluding carboxylic acids is 5. The molecule has 0 saturated carbocycles. The Morgan fingerprint density at radius 1 is 1.12 bits per heavy atom. The van der Waals surface area contributed by atoms with Crippen molar-refractivity contribution in [2.24, 2.45) is 0 Å². The fourth-order valence-corrected chi connectivity index (χ4v) is 0.678. The van der Waals surface area contributed by atoms with Gasteiger partial charge in [-0.05, 0) is 0 Å². The summed E-state index contributed by atoms with van der Waals surface area (Å²) in [5.74, 6) is 0. The lowest BCUT2D eigenvalue weighted by molar-refractivity contribution is -0.277. The lowest BCUT2D eigenvalue weighted by Crippen LogP contribution is -2.54. The van der Waals surface area contributed by atoms with Crippen molar-refractivity contribution in [2.45, 2.75) is 0 Å². The number of hydrazine groups is 1. The number of urea groups is 2. The van der Waals surface area contributed by atoms with Crippen molar-refractivity contribution in [1.82, 2.24) is 20.4 Å². The van der Waals surface area contributed by atoms with Crippen molar-refractivity contribution in [1.29, 1.82) is 0 Å². The Kier molecular flexibility index (Phi) is 6.61. The highest BCUT2D eigenvalue weighted by molar-refractivity contribution is 7.78. The van der Waals surface area contributed by atoms with E-state index in [9.17, 15) is 24.0 Å². The lowest BCUT2D eigenvalue weighted by atomic mass is 10.8. The molecule has 0 aliphatic rings. The van der Waals surface area contributed by atoms with E-state index >= 15 is 0 Å². The molecule has 5 amide bonds. The molecule has 0 atom stereocenters. The van der Waals surface area contributed by atoms with Gasteiger partial charge in [-0.15, -0.1) is 5.01 Å². The van der Waals surface area contributed by atoms with Gasteiger partial charge in [-0.2, -0.15) is 0 Å². The first-order chi connectivity index (χ1) is 8.12. The molecule has 0 spiro atoms. The second-order valence-corrected chi connectivity index (χ2v) is 2.17. The fourth-order valence-electron chi connectivity index (χ4n) is 0.578. The van der Waals surface area contributed by atoms with Gasteiger partial charge in [-0.25, -0.2) is 9.59 Å². The average Bonchev–Trinajstić information content (AvgIpc) is 2.34. The molecule has 0 saturated heterocycles. The van der Waals surface area contributed by atoms with Crippen LogP contribution in [0.5, 0.6) is 0 Å². The maximum Gasteiger partial charge on any atom is 0.418 e. The SMILES string of the molecule is O=CNN(C(=O)NS)C(=O)N(OC=O)OC=O. The van der Waals surface area contributed by atoms with Crippen molar-refractivity contribution in [2.75, 3.05) is 0 Å². The van der Waals surface area contributed by atoms with Crippen LogP contribution in [0.2, 0.25) is 0 Å². The molecule has 2 N–H and O–H groups in total. The number of amides is 5. The Bertz CT molecular complexity index is 313. The fraction of sp³-hybridized carbons (Fsp3) is 0. The van der Waals surface area contributed by atoms with E-state index < -0.39 is 12.1 Å². The normalized spacial score (nSPS) is 8.29. The Morgan fingerprint density at radius 3 is 2.00 bits per heavy atom. The van der Waals surface area contributed by atoms with Crippen LogP contribution in [0, 0.1) is 0 Å². The summed E-state index contributed by atoms with van der Waals surface area (Å²) in [6.07, 6.45) is -0.0269. The molecule has 0 bridgehead atoms. The van der Waals surface area contributed by atoms with E-state index in [1.165, 1.54) is 0 Å². The first kappa shape index (κ1) is 14.5. The molecule has 0 aromatic carbocycles. The number of thiol groups is 1. The van der Waals surface area contributed by atoms with Gasteiger partial charge in [0.2, 0.25) is 6.41 Å². The first-order valence-corrected chi connectivity index (χ1v) is 4.06. The molecule has 0 heterocycles. The molecule has 0 aromatic rings. The van der Waals surface area contributed by atoms with Gasteiger partial charge in [0, 0.05) is 5.23 Å². The van der Waals surface area contributed by atoms with Gasteiger partial charge in [0.25, 0.3) is 0 Å². The van der Waals surface area contributed by atoms with Crippen LogP contribution in [-0.2, 0) is 24.1 Å². The summed E-state index contributed by atoms with van der Waals surface area (Å²) in [6.45, 7) is -0.502. The zero-order valence-electron chi connectivity index (χ0n) is 7.93. The molecule has 0 fully saturated rings. The van der Waals surface area contributed by atoms with Crippen LogP contribution in [0.4, 0.5) is 9.59 Å². The molecule has 0 aromatic heterocycles. The number of rotatable bonds is 6. The number of imide groups is 1. The topological polar surface area (TPSA) is 134 Å². The minimum atomic E-state index is -1.48. The molecule has 94 valence electrons. The minimum absolute atomic E-state index is 0.0208. The number of nitrogens with zero attached hydrogens (tertiary/aromatic N) is 2. The largest absolute Gasteiger partial charge is 0.418 e. The van der Waals surface area contributed by atoms with Crippen molar-refractivity contribution in [3.8, 4) is 0 Å². The average molecular weight is 266 g/mol. The first-order valence-electron chi connectivity index (χ1n) is 3.61. The van der Waals surface area contributed by atoms with Crippen LogP contribution >= 0.6 is 12.8 Å². The van der Waals surface area contributed by atoms with Crippen LogP contribution in [0.25, 0.3) is 0 Å². The smallest absolute Gasteiger partial charge is 0.305 e. The Hall–Kier alpha value is -2.50. The van der Waals surface area contributed by atoms with Crippen molar-refractivity contribution in [3.05, 3.63) is 0 Å². The monoisotopic (exact) mass is 266 g/mol. The van der Waals surface area contributed by atoms with Gasteiger partial charge in [-0.1, -0.05) is 12.8 Å². The second kappa shape index (κ2) is 7.75. The molecule has 0 aliphatic carbocycles. The predicted octanol–water partition coefficient (Wildman–Crippen LogP) is -1.90. The quantitative estimate of drug-likeness (QED) is 0.290. The summed E-state index contributed by atoms with van der Waals surface area (Å²) in [7, 11) is 0. The van der Waals surface area contributed by atoms with Gasteiger partial charge in [-0.3, -0.25) is 24.5 Å². The summed E-state index contributed by atoms with van der Waals surface area (Å²) >= 11 is 3.33. The highest BCUT2D eigenvalue weighted by Crippen LogP contribution is 1.98. The standard InChI is InChI=1S/C5H6N4O7S/c10-1-6-8(4(13)7-17)5(14)9(15-2-11)16-3-12/h1-3,17H,(H,6,10)(H,7,13). The number of hydroxylamine groups is 2. The molecule has 0 radical (unpaired) electrons. The second-order valence-electron chi connectivity index (χ2n) is 1.94. The van der Waals surface area contributed by atoms with Gasteiger partial charge in [0.1, 0.15) is 0 Å². The van der Waals surface area contributed by atoms with Gasteiger partial charge in [0.05, 0.1) is 0 Å². The Balaban J connectivity index is 4.86. The maximum atomic E-state index is 11.4. The van der Waals surface area contributed by atoms with Crippen LogP contribution in [-0.4, -0.2) is 41.7 Å². The molecule has 11 nitrogen and oxygen atoms in total. The number of nitrogens with one attached hydrogen (secondary N) is 2. The molecular weight excluding hydrogens is 260 g/mol. The third-order valence-electron chi connectivity index (χ3n) is 1.11. The number of carbonyl (C=O) groups is 5. The van der Waals surface area contributed by atoms with Crippen LogP contribution in [0.3, 0.4) is 0 Å². The minimum Gasteiger partial charge on any atom is -0.305 e. The Morgan fingerprint density at radius 2 is 1.65 bits per heavy atom. The highest BCUT2D eigenvalue weighted by atomic mass is 32.1. The summed E-state index contributed by atoms with van der Waals surface area (Å²) in [6, 6.07) is -2.68. The summed E-state index contributed by atoms with van der Waals surface area (Å²) in [5, 5.41) is -0.230. The van der Waals surface area contributed by atoms with E-state index in [1.54, 1.807) is 10.1 Å². The zero-order valence-corrected chi connectivity index (χ0v) is 8.83. The summed E-state index contributed by atoms with van der Waals surface area (Å²) in [4.78, 5) is 60.3. The van der Waals surface area contributed by atoms with Crippen LogP contribution in [0.15, 0.2) is 0 Å². The predicted molar refractivity (Wildman–Crippen MR) is 50.1 cm³/mol. The van der Waals surface area contributed by atoms with E-state index in [0.717, 1.165) is 0 Å². The zero-order chi connectivity index (χ0) is 13.3. The Labute approximate surface area is 99.0 Å². The van der Waals surface area contributed by atoms with E-state index in [2.05, 4.69) is 22.5 Å². The maximum absolute atomic E-state index is 11.4. The summed E-state index contributed by atoms with van der Waals surface area (Å²) < 4.78 is 1.69. The molecular formula is C5H6N4O7S. The molecule has 12 heteroatoms. The van der Waals surface area contributed by atoms with E-state index in [1.807, 2.05) is 0 Å². The van der Waals surface area contributed by atoms with Crippen molar-refractivity contribution >= 4 is 44.2 Å². The van der Waals surface area contributed by atoms with E-state index in [4.69, 9.17) is 0 Å². The van der Waals surface area contributed by atoms with Crippen molar-refractivity contribution < 1.29 is 33.6 Å². The van der Waals surface area contributed by atoms with Crippen molar-refractivity contribution in [3.63, 3.8) is 0 Å². The molecule has 0 unspecified atom stereocenters. The third kappa shape index (κ3) is 4.25. The van der Waals surface area contributed by atoms with E-state index in [-0.39, 0.29) is 29.6 Å². The summed E-state index contributed by atoms with van der Waals surface area (Å²) in [5.41, 5.74) is 1.64. The highest BCUT2D eigenvalue weighted by Gasteiger charge is 2.29. The van der Waals surface area contributed by atoms with Gasteiger partial charge >= 0.3 is 25.0 Å². The van der Waals surface area contributed by atoms with Gasteiger partial charge < -0.3 is 9.68 Å². The van der Waals surface area contributed by atoms with Gasteiger partial charge in [0.15, 0.2) is 0 Å². The third-order valence-corrected chi connectivity index (χ3v) is 1.30. The van der Waals surface area contributed by atoms with Crippen LogP contribution in [0.1, 0.15) is 0 Å². The van der Waals surface area contributed by atoms with E-state index in [0.29, 0.717) is 0 Å². The van der Waals surface area contributed by atoms with Crippen LogP contribution < -0.4 is 10.1 Å². The number of hydrogen-bond acceptors (Lipinski definition) is 8. The molecule has 0 rings (SSSR count). The molecule has 17 heavy (non-hydrogen) atoms. The number of hydrogen-bond donors (Lipinski definition) is 3. The lowest BCUT2D eigenvalue weighted by Gasteiger charge is -2.21. The molecule has 0 aliphatic heterocycles.